The number of hydrogen-bond donors (Lipinski definition) is 1. The molecule has 0 aliphatic heterocycles. The van der Waals surface area contributed by atoms with Crippen LogP contribution in [0.3, 0.4) is 0 Å². The van der Waals surface area contributed by atoms with Gasteiger partial charge in [-0.25, -0.2) is 0 Å². The molecular weight excluding hydrogens is 282 g/mol. The summed E-state index contributed by atoms with van der Waals surface area (Å²) in [5, 5.41) is 0. The SMILES string of the molecule is Cc1ccc(C(=O)c2cc(Br)cc(N)c2C)o1. The van der Waals surface area contributed by atoms with Gasteiger partial charge in [-0.15, -0.1) is 0 Å². The van der Waals surface area contributed by atoms with Crippen LogP contribution in [0.25, 0.3) is 0 Å². The smallest absolute Gasteiger partial charge is 0.228 e. The van der Waals surface area contributed by atoms with Crippen molar-refractivity contribution in [3.63, 3.8) is 0 Å². The van der Waals surface area contributed by atoms with Crippen molar-refractivity contribution in [1.29, 1.82) is 0 Å². The van der Waals surface area contributed by atoms with E-state index in [1.54, 1.807) is 31.2 Å². The van der Waals surface area contributed by atoms with Gasteiger partial charge in [0, 0.05) is 15.7 Å². The number of benzene rings is 1. The molecule has 0 spiro atoms. The second-order valence-electron chi connectivity index (χ2n) is 3.91. The summed E-state index contributed by atoms with van der Waals surface area (Å²) in [5.41, 5.74) is 7.75. The van der Waals surface area contributed by atoms with Crippen molar-refractivity contribution in [2.75, 3.05) is 5.73 Å². The van der Waals surface area contributed by atoms with Crippen molar-refractivity contribution in [3.8, 4) is 0 Å². The van der Waals surface area contributed by atoms with Gasteiger partial charge in [-0.1, -0.05) is 15.9 Å². The fourth-order valence-electron chi connectivity index (χ4n) is 1.63. The van der Waals surface area contributed by atoms with Gasteiger partial charge in [-0.2, -0.15) is 0 Å². The highest BCUT2D eigenvalue weighted by Gasteiger charge is 2.17. The number of nitrogen functional groups attached to an aromatic ring is 1. The van der Waals surface area contributed by atoms with Crippen LogP contribution in [-0.4, -0.2) is 5.78 Å². The highest BCUT2D eigenvalue weighted by molar-refractivity contribution is 9.10. The van der Waals surface area contributed by atoms with Crippen molar-refractivity contribution in [2.24, 2.45) is 0 Å². The van der Waals surface area contributed by atoms with Gasteiger partial charge in [0.05, 0.1) is 0 Å². The van der Waals surface area contributed by atoms with E-state index in [1.807, 2.05) is 6.92 Å². The highest BCUT2D eigenvalue weighted by Crippen LogP contribution is 2.25. The maximum absolute atomic E-state index is 12.2. The van der Waals surface area contributed by atoms with Gasteiger partial charge >= 0.3 is 0 Å². The molecule has 0 aliphatic carbocycles. The second-order valence-corrected chi connectivity index (χ2v) is 4.82. The molecular formula is C13H12BrNO2. The minimum atomic E-state index is -0.149. The molecule has 0 amide bonds. The molecule has 0 saturated carbocycles. The van der Waals surface area contributed by atoms with Crippen LogP contribution in [0.15, 0.2) is 33.2 Å². The zero-order chi connectivity index (χ0) is 12.6. The van der Waals surface area contributed by atoms with Gasteiger partial charge in [0.2, 0.25) is 5.78 Å². The van der Waals surface area contributed by atoms with E-state index < -0.39 is 0 Å². The Morgan fingerprint density at radius 2 is 2.00 bits per heavy atom. The maximum Gasteiger partial charge on any atom is 0.228 e. The van der Waals surface area contributed by atoms with Gasteiger partial charge in [0.25, 0.3) is 0 Å². The third-order valence-electron chi connectivity index (χ3n) is 2.62. The fraction of sp³-hybridized carbons (Fsp3) is 0.154. The Hall–Kier alpha value is -1.55. The van der Waals surface area contributed by atoms with Gasteiger partial charge in [0.1, 0.15) is 5.76 Å². The molecule has 2 rings (SSSR count). The number of hydrogen-bond acceptors (Lipinski definition) is 3. The Morgan fingerprint density at radius 1 is 1.29 bits per heavy atom. The van der Waals surface area contributed by atoms with Crippen molar-refractivity contribution in [1.82, 2.24) is 0 Å². The van der Waals surface area contributed by atoms with E-state index in [0.717, 1.165) is 10.0 Å². The number of aryl methyl sites for hydroxylation is 1. The van der Waals surface area contributed by atoms with Crippen molar-refractivity contribution >= 4 is 27.4 Å². The molecule has 0 unspecified atom stereocenters. The molecule has 88 valence electrons. The van der Waals surface area contributed by atoms with Gasteiger partial charge in [-0.05, 0) is 43.7 Å². The summed E-state index contributed by atoms with van der Waals surface area (Å²) in [4.78, 5) is 12.2. The number of furan rings is 1. The summed E-state index contributed by atoms with van der Waals surface area (Å²) in [5.74, 6) is 0.903. The summed E-state index contributed by atoms with van der Waals surface area (Å²) in [6.45, 7) is 3.63. The van der Waals surface area contributed by atoms with E-state index in [1.165, 1.54) is 0 Å². The number of anilines is 1. The number of rotatable bonds is 2. The monoisotopic (exact) mass is 293 g/mol. The van der Waals surface area contributed by atoms with E-state index >= 15 is 0 Å². The number of carbonyl (C=O) groups excluding carboxylic acids is 1. The van der Waals surface area contributed by atoms with E-state index in [9.17, 15) is 4.79 Å². The molecule has 0 aliphatic rings. The standard InChI is InChI=1S/C13H12BrNO2/c1-7-3-4-12(17-7)13(16)10-5-9(14)6-11(15)8(10)2/h3-6H,15H2,1-2H3. The molecule has 3 nitrogen and oxygen atoms in total. The molecule has 0 saturated heterocycles. The summed E-state index contributed by atoms with van der Waals surface area (Å²) in [7, 11) is 0. The van der Waals surface area contributed by atoms with Gasteiger partial charge in [-0.3, -0.25) is 4.79 Å². The normalized spacial score (nSPS) is 10.5. The van der Waals surface area contributed by atoms with Crippen molar-refractivity contribution in [2.45, 2.75) is 13.8 Å². The third kappa shape index (κ3) is 2.26. The fourth-order valence-corrected chi connectivity index (χ4v) is 2.10. The summed E-state index contributed by atoms with van der Waals surface area (Å²) in [6, 6.07) is 6.98. The van der Waals surface area contributed by atoms with Crippen LogP contribution in [-0.2, 0) is 0 Å². The largest absolute Gasteiger partial charge is 0.458 e. The highest BCUT2D eigenvalue weighted by atomic mass is 79.9. The summed E-state index contributed by atoms with van der Waals surface area (Å²) < 4.78 is 6.11. The molecule has 2 N–H and O–H groups in total. The number of nitrogens with two attached hydrogens (primary N) is 1. The molecule has 2 aromatic rings. The lowest BCUT2D eigenvalue weighted by Crippen LogP contribution is -2.05. The number of ketones is 1. The lowest BCUT2D eigenvalue weighted by Gasteiger charge is -2.07. The first kappa shape index (κ1) is 11.9. The van der Waals surface area contributed by atoms with Crippen molar-refractivity contribution in [3.05, 3.63) is 51.4 Å². The number of halogens is 1. The first-order chi connectivity index (χ1) is 7.99. The summed E-state index contributed by atoms with van der Waals surface area (Å²) in [6.07, 6.45) is 0. The third-order valence-corrected chi connectivity index (χ3v) is 3.08. The molecule has 17 heavy (non-hydrogen) atoms. The molecule has 0 atom stereocenters. The van der Waals surface area contributed by atoms with Crippen molar-refractivity contribution < 1.29 is 9.21 Å². The van der Waals surface area contributed by atoms with Crippen LogP contribution in [0.1, 0.15) is 27.4 Å². The van der Waals surface area contributed by atoms with Gasteiger partial charge < -0.3 is 10.2 Å². The zero-order valence-electron chi connectivity index (χ0n) is 9.58. The average molecular weight is 294 g/mol. The van der Waals surface area contributed by atoms with Crippen LogP contribution >= 0.6 is 15.9 Å². The molecule has 0 fully saturated rings. The average Bonchev–Trinajstić information content (AvgIpc) is 2.69. The molecule has 1 heterocycles. The predicted octanol–water partition coefficient (Wildman–Crippen LogP) is 3.47. The van der Waals surface area contributed by atoms with Crippen LogP contribution in [0.5, 0.6) is 0 Å². The number of carbonyl (C=O) groups is 1. The minimum absolute atomic E-state index is 0.149. The first-order valence-electron chi connectivity index (χ1n) is 5.16. The second kappa shape index (κ2) is 4.37. The predicted molar refractivity (Wildman–Crippen MR) is 70.2 cm³/mol. The van der Waals surface area contributed by atoms with Crippen LogP contribution in [0.2, 0.25) is 0 Å². The lowest BCUT2D eigenvalue weighted by molar-refractivity contribution is 0.101. The van der Waals surface area contributed by atoms with Crippen LogP contribution < -0.4 is 5.73 Å². The van der Waals surface area contributed by atoms with E-state index in [2.05, 4.69) is 15.9 Å². The molecule has 0 bridgehead atoms. The Balaban J connectivity index is 2.51. The lowest BCUT2D eigenvalue weighted by atomic mass is 10.0. The van der Waals surface area contributed by atoms with E-state index in [4.69, 9.17) is 10.2 Å². The minimum Gasteiger partial charge on any atom is -0.458 e. The topological polar surface area (TPSA) is 56.2 Å². The maximum atomic E-state index is 12.2. The Kier molecular flexibility index (Phi) is 3.07. The molecule has 0 radical (unpaired) electrons. The zero-order valence-corrected chi connectivity index (χ0v) is 11.2. The molecule has 1 aromatic carbocycles. The van der Waals surface area contributed by atoms with Crippen LogP contribution in [0.4, 0.5) is 5.69 Å². The van der Waals surface area contributed by atoms with E-state index in [0.29, 0.717) is 22.8 Å². The Morgan fingerprint density at radius 3 is 2.59 bits per heavy atom. The Bertz CT molecular complexity index is 587. The van der Waals surface area contributed by atoms with Crippen LogP contribution in [0, 0.1) is 13.8 Å². The first-order valence-corrected chi connectivity index (χ1v) is 5.95. The molecule has 4 heteroatoms. The van der Waals surface area contributed by atoms with E-state index in [-0.39, 0.29) is 5.78 Å². The molecule has 1 aromatic heterocycles. The summed E-state index contributed by atoms with van der Waals surface area (Å²) >= 11 is 3.33. The van der Waals surface area contributed by atoms with Gasteiger partial charge in [0.15, 0.2) is 5.76 Å². The quantitative estimate of drug-likeness (QED) is 0.681. The Labute approximate surface area is 108 Å².